The summed E-state index contributed by atoms with van der Waals surface area (Å²) in [7, 11) is 2.00. The highest BCUT2D eigenvalue weighted by Gasteiger charge is 2.09. The van der Waals surface area contributed by atoms with Gasteiger partial charge in [0, 0.05) is 12.6 Å². The Morgan fingerprint density at radius 2 is 2.32 bits per heavy atom. The van der Waals surface area contributed by atoms with Gasteiger partial charge in [-0.1, -0.05) is 18.3 Å². The molecule has 19 heavy (non-hydrogen) atoms. The Balaban J connectivity index is 2.22. The molecule has 6 nitrogen and oxygen atoms in total. The topological polar surface area (TPSA) is 76.5 Å². The van der Waals surface area contributed by atoms with Crippen molar-refractivity contribution in [2.45, 2.75) is 26.3 Å². The molecule has 0 aromatic carbocycles. The summed E-state index contributed by atoms with van der Waals surface area (Å²) in [5.74, 6) is 0. The molecule has 2 heterocycles. The lowest BCUT2D eigenvalue weighted by Crippen LogP contribution is -2.24. The molecular weight excluding hydrogens is 262 g/mol. The van der Waals surface area contributed by atoms with Crippen LogP contribution in [0.4, 0.5) is 0 Å². The second kappa shape index (κ2) is 6.23. The van der Waals surface area contributed by atoms with Gasteiger partial charge in [0.25, 0.3) is 5.56 Å². The molecule has 0 radical (unpaired) electrons. The Hall–Kier alpha value is -1.31. The fraction of sp³-hybridized carbons (Fsp3) is 0.583. The first-order valence-electron chi connectivity index (χ1n) is 6.41. The van der Waals surface area contributed by atoms with Crippen molar-refractivity contribution < 1.29 is 0 Å². The van der Waals surface area contributed by atoms with E-state index in [1.807, 2.05) is 14.0 Å². The lowest BCUT2D eigenvalue weighted by atomic mass is 10.3. The molecule has 0 aliphatic rings. The molecule has 0 aliphatic carbocycles. The average Bonchev–Trinajstić information content (AvgIpc) is 2.80. The van der Waals surface area contributed by atoms with Crippen LogP contribution in [-0.4, -0.2) is 39.6 Å². The number of hydrogen-bond acceptors (Lipinski definition) is 6. The van der Waals surface area contributed by atoms with Gasteiger partial charge >= 0.3 is 0 Å². The number of fused-ring (bicyclic) bond motifs is 1. The van der Waals surface area contributed by atoms with Crippen molar-refractivity contribution in [3.05, 3.63) is 27.1 Å². The molecular formula is C12H19N5OS. The van der Waals surface area contributed by atoms with Gasteiger partial charge in [-0.05, 0) is 33.0 Å². The minimum Gasteiger partial charge on any atom is -0.330 e. The highest BCUT2D eigenvalue weighted by molar-refractivity contribution is 7.16. The van der Waals surface area contributed by atoms with E-state index < -0.39 is 0 Å². The SMILES string of the molecule is CCc1nn2c(=O)cc(CN(C)CCCN)nc2s1. The molecule has 0 amide bonds. The van der Waals surface area contributed by atoms with E-state index in [-0.39, 0.29) is 5.56 Å². The van der Waals surface area contributed by atoms with Gasteiger partial charge in [0.15, 0.2) is 0 Å². The molecule has 0 atom stereocenters. The number of aryl methyl sites for hydroxylation is 1. The zero-order valence-electron chi connectivity index (χ0n) is 11.3. The fourth-order valence-corrected chi connectivity index (χ4v) is 2.69. The van der Waals surface area contributed by atoms with Crippen molar-refractivity contribution in [2.24, 2.45) is 5.73 Å². The van der Waals surface area contributed by atoms with Crippen LogP contribution in [0.25, 0.3) is 4.96 Å². The molecule has 104 valence electrons. The summed E-state index contributed by atoms with van der Waals surface area (Å²) in [6, 6.07) is 1.56. The first kappa shape index (κ1) is 14.1. The molecule has 7 heteroatoms. The van der Waals surface area contributed by atoms with Crippen LogP contribution in [-0.2, 0) is 13.0 Å². The lowest BCUT2D eigenvalue weighted by Gasteiger charge is -2.14. The van der Waals surface area contributed by atoms with Crippen molar-refractivity contribution in [3.63, 3.8) is 0 Å². The monoisotopic (exact) mass is 281 g/mol. The highest BCUT2D eigenvalue weighted by atomic mass is 32.1. The largest absolute Gasteiger partial charge is 0.330 e. The summed E-state index contributed by atoms with van der Waals surface area (Å²) in [4.78, 5) is 19.2. The zero-order chi connectivity index (χ0) is 13.8. The van der Waals surface area contributed by atoms with Crippen LogP contribution in [0.15, 0.2) is 10.9 Å². The molecule has 0 bridgehead atoms. The molecule has 2 N–H and O–H groups in total. The van der Waals surface area contributed by atoms with E-state index >= 15 is 0 Å². The molecule has 0 fully saturated rings. The van der Waals surface area contributed by atoms with E-state index in [9.17, 15) is 4.79 Å². The number of aromatic nitrogens is 3. The molecule has 0 saturated carbocycles. The Bertz CT molecular complexity index is 606. The maximum atomic E-state index is 12.0. The van der Waals surface area contributed by atoms with Gasteiger partial charge in [-0.25, -0.2) is 4.98 Å². The second-order valence-corrected chi connectivity index (χ2v) is 5.55. The van der Waals surface area contributed by atoms with Gasteiger partial charge in [0.05, 0.1) is 5.69 Å². The Kier molecular flexibility index (Phi) is 4.62. The standard InChI is InChI=1S/C12H19N5OS/c1-3-10-15-17-11(18)7-9(14-12(17)19-10)8-16(2)6-4-5-13/h7H,3-6,8,13H2,1-2H3. The predicted molar refractivity (Wildman–Crippen MR) is 76.5 cm³/mol. The third kappa shape index (κ3) is 3.37. The van der Waals surface area contributed by atoms with Crippen LogP contribution >= 0.6 is 11.3 Å². The molecule has 0 spiro atoms. The molecule has 2 aromatic rings. The summed E-state index contributed by atoms with van der Waals surface area (Å²) in [5, 5.41) is 5.16. The maximum absolute atomic E-state index is 12.0. The van der Waals surface area contributed by atoms with E-state index in [1.165, 1.54) is 15.9 Å². The molecule has 0 aliphatic heterocycles. The van der Waals surface area contributed by atoms with E-state index in [2.05, 4.69) is 15.0 Å². The average molecular weight is 281 g/mol. The van der Waals surface area contributed by atoms with Gasteiger partial charge in [-0.15, -0.1) is 0 Å². The van der Waals surface area contributed by atoms with Crippen LogP contribution in [0.2, 0.25) is 0 Å². The smallest absolute Gasteiger partial charge is 0.275 e. The highest BCUT2D eigenvalue weighted by Crippen LogP contribution is 2.12. The predicted octanol–water partition coefficient (Wildman–Crippen LogP) is 0.494. The van der Waals surface area contributed by atoms with E-state index in [1.54, 1.807) is 6.07 Å². The summed E-state index contributed by atoms with van der Waals surface area (Å²) in [6.45, 7) is 4.25. The lowest BCUT2D eigenvalue weighted by molar-refractivity contribution is 0.320. The summed E-state index contributed by atoms with van der Waals surface area (Å²) in [5.41, 5.74) is 6.16. The summed E-state index contributed by atoms with van der Waals surface area (Å²) in [6.07, 6.45) is 1.76. The van der Waals surface area contributed by atoms with Crippen LogP contribution in [0.1, 0.15) is 24.0 Å². The van der Waals surface area contributed by atoms with Gasteiger partial charge in [-0.3, -0.25) is 4.79 Å². The number of hydrogen-bond donors (Lipinski definition) is 1. The Labute approximate surface area is 115 Å². The van der Waals surface area contributed by atoms with E-state index in [0.29, 0.717) is 18.1 Å². The molecule has 0 saturated heterocycles. The Morgan fingerprint density at radius 3 is 3.00 bits per heavy atom. The second-order valence-electron chi connectivity index (χ2n) is 4.51. The first-order valence-corrected chi connectivity index (χ1v) is 7.23. The summed E-state index contributed by atoms with van der Waals surface area (Å²) < 4.78 is 1.38. The fourth-order valence-electron chi connectivity index (χ4n) is 1.84. The normalized spacial score (nSPS) is 11.6. The number of nitrogens with two attached hydrogens (primary N) is 1. The summed E-state index contributed by atoms with van der Waals surface area (Å²) >= 11 is 1.47. The van der Waals surface area contributed by atoms with E-state index in [4.69, 9.17) is 5.73 Å². The first-order chi connectivity index (χ1) is 9.13. The van der Waals surface area contributed by atoms with Crippen molar-refractivity contribution in [1.82, 2.24) is 19.5 Å². The number of rotatable bonds is 6. The minimum absolute atomic E-state index is 0.108. The quantitative estimate of drug-likeness (QED) is 0.834. The van der Waals surface area contributed by atoms with Crippen LogP contribution in [0.5, 0.6) is 0 Å². The minimum atomic E-state index is -0.108. The van der Waals surface area contributed by atoms with Crippen molar-refractivity contribution in [3.8, 4) is 0 Å². The maximum Gasteiger partial charge on any atom is 0.275 e. The third-order valence-corrected chi connectivity index (χ3v) is 3.87. The van der Waals surface area contributed by atoms with Crippen LogP contribution in [0.3, 0.4) is 0 Å². The molecule has 2 rings (SSSR count). The Morgan fingerprint density at radius 1 is 1.53 bits per heavy atom. The molecule has 2 aromatic heterocycles. The third-order valence-electron chi connectivity index (χ3n) is 2.82. The zero-order valence-corrected chi connectivity index (χ0v) is 12.1. The van der Waals surface area contributed by atoms with Crippen LogP contribution < -0.4 is 11.3 Å². The van der Waals surface area contributed by atoms with Gasteiger partial charge in [0.2, 0.25) is 4.96 Å². The number of nitrogens with zero attached hydrogens (tertiary/aromatic N) is 4. The van der Waals surface area contributed by atoms with Crippen molar-refractivity contribution in [1.29, 1.82) is 0 Å². The van der Waals surface area contributed by atoms with Crippen LogP contribution in [0, 0.1) is 0 Å². The molecule has 0 unspecified atom stereocenters. The van der Waals surface area contributed by atoms with Gasteiger partial charge in [0.1, 0.15) is 5.01 Å². The van der Waals surface area contributed by atoms with Crippen molar-refractivity contribution in [2.75, 3.05) is 20.1 Å². The van der Waals surface area contributed by atoms with Gasteiger partial charge in [-0.2, -0.15) is 9.61 Å². The van der Waals surface area contributed by atoms with Crippen molar-refractivity contribution >= 4 is 16.3 Å². The van der Waals surface area contributed by atoms with E-state index in [0.717, 1.165) is 30.1 Å². The van der Waals surface area contributed by atoms with Gasteiger partial charge < -0.3 is 10.6 Å².